The van der Waals surface area contributed by atoms with E-state index in [2.05, 4.69) is 42.5 Å². The van der Waals surface area contributed by atoms with E-state index in [1.165, 1.54) is 9.40 Å². The third kappa shape index (κ3) is 22.3. The molecule has 2 radical (unpaired) electrons. The molecule has 12 nitrogen and oxygen atoms in total. The van der Waals surface area contributed by atoms with Crippen LogP contribution >= 0.6 is 38.6 Å². The number of carbonyl (C=O) groups excluding carboxylic acids is 1. The summed E-state index contributed by atoms with van der Waals surface area (Å²) in [5.41, 5.74) is 0. The molecule has 10 atom stereocenters. The number of esters is 1. The van der Waals surface area contributed by atoms with E-state index < -0.39 is 42.6 Å². The molecule has 2 aliphatic carbocycles. The maximum absolute atomic E-state index is 11.6. The van der Waals surface area contributed by atoms with Crippen molar-refractivity contribution in [3.05, 3.63) is 70.4 Å². The summed E-state index contributed by atoms with van der Waals surface area (Å²) in [6, 6.07) is 20.3. The number of halogens is 1. The summed E-state index contributed by atoms with van der Waals surface area (Å²) in [6.45, 7) is 0.599. The number of carboxylic acids is 1. The molecule has 0 aliphatic heterocycles. The number of aliphatic carboxylic acids is 1. The number of benzene rings is 2. The molecule has 2 aromatic carbocycles. The van der Waals surface area contributed by atoms with Crippen LogP contribution in [0.25, 0.3) is 20.2 Å². The molecule has 2 unspecified atom stereocenters. The van der Waals surface area contributed by atoms with Gasteiger partial charge in [-0.05, 0) is 131 Å². The molecule has 9 N–H and O–H groups in total. The number of carboxylic acid groups (broad SMARTS) is 1. The van der Waals surface area contributed by atoms with Gasteiger partial charge in [-0.2, -0.15) is 0 Å². The van der Waals surface area contributed by atoms with E-state index in [1.54, 1.807) is 22.7 Å². The minimum atomic E-state index is -0.753. The van der Waals surface area contributed by atoms with E-state index in [4.69, 9.17) is 21.4 Å². The Labute approximate surface area is 452 Å². The first-order chi connectivity index (χ1) is 33.4. The summed E-state index contributed by atoms with van der Waals surface area (Å²) in [5, 5.41) is 91.8. The molecule has 2 fully saturated rings. The van der Waals surface area contributed by atoms with Crippen molar-refractivity contribution in [3.8, 4) is 0 Å². The van der Waals surface area contributed by atoms with Gasteiger partial charge < -0.3 is 50.7 Å². The molecule has 2 aliphatic rings. The van der Waals surface area contributed by atoms with Crippen LogP contribution in [-0.2, 0) is 14.3 Å². The number of unbranched alkanes of at least 4 members (excludes halogenated alkanes) is 6. The maximum Gasteiger partial charge on any atom is 0.305 e. The fourth-order valence-corrected chi connectivity index (χ4v) is 12.1. The fraction of sp³-hybridized carbons (Fsp3) is 0.654. The SMILES string of the molecule is O=C(CCCCCC[C@@H]1C(CC[C@@H](O)c2cc3ccccc3s2)[C@H](O)C[C@@H]1O)OCCCO.O=C(O)CCCCCC[C@@H]1C(CC[C@@H](O)c2cc3ccccc3s2)[C@H](O)C[C@@H]1O.OCCCBr.[2H][B].[U]. The van der Waals surface area contributed by atoms with Crippen LogP contribution in [0, 0.1) is 54.8 Å². The van der Waals surface area contributed by atoms with E-state index in [1.807, 2.05) is 42.5 Å². The van der Waals surface area contributed by atoms with Crippen LogP contribution in [0.2, 0.25) is 0 Å². The number of thiophene rings is 2. The first-order valence-electron chi connectivity index (χ1n) is 25.1. The molecular formula is C52H78BBrO12S2U. The zero-order chi connectivity index (χ0) is 50.6. The van der Waals surface area contributed by atoms with Gasteiger partial charge in [0.15, 0.2) is 0 Å². The number of alkyl halides is 1. The third-order valence-corrected chi connectivity index (χ3v) is 16.3. The summed E-state index contributed by atoms with van der Waals surface area (Å²) >= 11 is 6.37. The summed E-state index contributed by atoms with van der Waals surface area (Å²) in [6.07, 6.45) is 11.0. The van der Waals surface area contributed by atoms with Gasteiger partial charge in [0.1, 0.15) is 0 Å². The number of ether oxygens (including phenoxy) is 1. The van der Waals surface area contributed by atoms with Crippen molar-refractivity contribution in [1.82, 2.24) is 0 Å². The normalized spacial score (nSPS) is 22.8. The van der Waals surface area contributed by atoms with Crippen LogP contribution < -0.4 is 0 Å². The molecule has 6 rings (SSSR count). The second-order valence-electron chi connectivity index (χ2n) is 18.3. The summed E-state index contributed by atoms with van der Waals surface area (Å²) in [7, 11) is 3.75. The van der Waals surface area contributed by atoms with Gasteiger partial charge >= 0.3 is 11.9 Å². The van der Waals surface area contributed by atoms with E-state index in [0.717, 1.165) is 90.1 Å². The van der Waals surface area contributed by atoms with Gasteiger partial charge in [0.2, 0.25) is 0 Å². The summed E-state index contributed by atoms with van der Waals surface area (Å²) in [4.78, 5) is 24.0. The average Bonchev–Trinajstić information content (AvgIpc) is 4.11. The number of rotatable bonds is 27. The molecule has 2 aromatic heterocycles. The Balaban J connectivity index is 0.000000421. The molecular weight excluding hydrogens is 1210 g/mol. The average molecular weight is 1290 g/mol. The molecule has 4 aromatic rings. The predicted octanol–water partition coefficient (Wildman–Crippen LogP) is 8.95. The fourth-order valence-electron chi connectivity index (χ4n) is 9.67. The number of aliphatic hydroxyl groups excluding tert-OH is 8. The Morgan fingerprint density at radius 3 is 1.42 bits per heavy atom. The second kappa shape index (κ2) is 35.7. The minimum absolute atomic E-state index is 0. The van der Waals surface area contributed by atoms with Crippen molar-refractivity contribution in [2.45, 2.75) is 165 Å². The van der Waals surface area contributed by atoms with Crippen molar-refractivity contribution in [1.29, 1.82) is 1.34 Å². The van der Waals surface area contributed by atoms with Gasteiger partial charge in [0.05, 0.1) is 43.2 Å². The van der Waals surface area contributed by atoms with E-state index >= 15 is 0 Å². The van der Waals surface area contributed by atoms with E-state index in [9.17, 15) is 40.2 Å². The van der Waals surface area contributed by atoms with E-state index in [0.29, 0.717) is 64.4 Å². The van der Waals surface area contributed by atoms with Crippen LogP contribution in [0.3, 0.4) is 0 Å². The minimum Gasteiger partial charge on any atom is -0.481 e. The zero-order valence-corrected chi connectivity index (χ0v) is 47.4. The van der Waals surface area contributed by atoms with E-state index in [-0.39, 0.29) is 80.4 Å². The molecule has 17 heteroatoms. The predicted molar refractivity (Wildman–Crippen MR) is 278 cm³/mol. The number of fused-ring (bicyclic) bond motifs is 2. The Hall–Kier alpha value is -1.42. The first kappa shape index (κ1) is 61.9. The number of carbonyl (C=O) groups is 2. The van der Waals surface area contributed by atoms with Gasteiger partial charge in [0, 0.05) is 96.5 Å². The molecule has 0 spiro atoms. The zero-order valence-electron chi connectivity index (χ0n) is 41.0. The first-order valence-corrected chi connectivity index (χ1v) is 27.3. The Bertz CT molecular complexity index is 1930. The Kier molecular flexibility index (Phi) is 32.0. The monoisotopic (exact) mass is 1290 g/mol. The molecule has 2 saturated carbocycles. The molecule has 69 heavy (non-hydrogen) atoms. The van der Waals surface area contributed by atoms with Crippen LogP contribution in [0.1, 0.15) is 150 Å². The Morgan fingerprint density at radius 1 is 0.623 bits per heavy atom. The van der Waals surface area contributed by atoms with Crippen LogP contribution in [0.15, 0.2) is 60.7 Å². The maximum atomic E-state index is 11.6. The second-order valence-corrected chi connectivity index (χ2v) is 21.3. The summed E-state index contributed by atoms with van der Waals surface area (Å²) in [5.74, 6) is -0.845. The number of hydrogen-bond donors (Lipinski definition) is 9. The van der Waals surface area contributed by atoms with Crippen molar-refractivity contribution in [2.75, 3.05) is 25.2 Å². The largest absolute Gasteiger partial charge is 0.481 e. The smallest absolute Gasteiger partial charge is 0.305 e. The van der Waals surface area contributed by atoms with Crippen molar-refractivity contribution in [3.63, 3.8) is 0 Å². The van der Waals surface area contributed by atoms with Crippen molar-refractivity contribution >= 4 is 79.1 Å². The molecule has 0 amide bonds. The van der Waals surface area contributed by atoms with Crippen LogP contribution in [-0.4, -0.2) is 117 Å². The van der Waals surface area contributed by atoms with Crippen LogP contribution in [0.5, 0.6) is 0 Å². The van der Waals surface area contributed by atoms with Gasteiger partial charge in [-0.3, -0.25) is 9.59 Å². The van der Waals surface area contributed by atoms with Gasteiger partial charge in [0.25, 0.3) is 0 Å². The van der Waals surface area contributed by atoms with Crippen molar-refractivity contribution < 1.29 is 91.4 Å². The van der Waals surface area contributed by atoms with Gasteiger partial charge in [-0.15, -0.1) is 22.7 Å². The summed E-state index contributed by atoms with van der Waals surface area (Å²) < 4.78 is 12.6. The molecule has 384 valence electrons. The molecule has 2 heterocycles. The quantitative estimate of drug-likeness (QED) is 0.0118. The number of aliphatic hydroxyl groups is 8. The van der Waals surface area contributed by atoms with Gasteiger partial charge in [-0.1, -0.05) is 90.9 Å². The topological polar surface area (TPSA) is 225 Å². The standard InChI is InChI=1S/C26H38O6S.C23H32O5S.C3H7BrO.BH.U/c27-14-7-15-32-26(31)11-4-2-1-3-9-19-20(23(30)17-22(19)29)12-13-21(28)25-16-18-8-5-6-10-24(18)33-25;24-18(22-13-15-7-5-6-9-21(15)29-22)12-11-17-16(19(25)14-20(17)26)8-3-1-2-4-10-23(27)28;4-2-1-3-5;;/h5-6,8,10,16,19-23,27-30H,1-4,7,9,11-15,17H2;5-7,9,13,16-20,24-26H,1-4,8,10-12,14H2,(H,27,28);5H,1-3H2;1H;/t19-,20?,21-,22+,23-;16-,17?,18-,19+,20-;;;/m11.../s1/i;;;1D;. The van der Waals surface area contributed by atoms with Crippen molar-refractivity contribution in [2.24, 2.45) is 23.7 Å². The Morgan fingerprint density at radius 2 is 1.03 bits per heavy atom. The molecule has 0 bridgehead atoms. The molecule has 0 saturated heterocycles. The van der Waals surface area contributed by atoms with Crippen LogP contribution in [0.4, 0.5) is 0 Å². The number of hydrogen-bond acceptors (Lipinski definition) is 13. The van der Waals surface area contributed by atoms with Gasteiger partial charge in [-0.25, -0.2) is 0 Å². The third-order valence-electron chi connectivity index (χ3n) is 13.3.